The lowest BCUT2D eigenvalue weighted by Crippen LogP contribution is -2.30. The van der Waals surface area contributed by atoms with Crippen LogP contribution in [0.15, 0.2) is 64.7 Å². The molecule has 2 aromatic carbocycles. The largest absolute Gasteiger partial charge is 0.495 e. The van der Waals surface area contributed by atoms with Gasteiger partial charge in [0.05, 0.1) is 17.8 Å². The molecule has 0 bridgehead atoms. The maximum Gasteiger partial charge on any atom is 0.281 e. The number of para-hydroxylation sites is 2. The Hall–Kier alpha value is -3.36. The van der Waals surface area contributed by atoms with Crippen molar-refractivity contribution in [3.63, 3.8) is 0 Å². The summed E-state index contributed by atoms with van der Waals surface area (Å²) >= 11 is 11.1. The van der Waals surface area contributed by atoms with Gasteiger partial charge in [-0.15, -0.1) is 0 Å². The topological polar surface area (TPSA) is 63.9 Å². The third-order valence-corrected chi connectivity index (χ3v) is 5.02. The van der Waals surface area contributed by atoms with Gasteiger partial charge in [0.25, 0.3) is 5.91 Å². The molecule has 1 saturated heterocycles. The first kappa shape index (κ1) is 20.9. The normalized spacial score (nSPS) is 14.8. The Morgan fingerprint density at radius 2 is 2.03 bits per heavy atom. The number of ether oxygens (including phenoxy) is 2. The molecule has 9 heteroatoms. The van der Waals surface area contributed by atoms with Crippen molar-refractivity contribution in [2.75, 3.05) is 12.0 Å². The summed E-state index contributed by atoms with van der Waals surface area (Å²) in [5.74, 6) is 1.05. The van der Waals surface area contributed by atoms with Crippen LogP contribution in [0.5, 0.6) is 11.5 Å². The molecule has 0 saturated carbocycles. The van der Waals surface area contributed by atoms with Crippen LogP contribution in [0.1, 0.15) is 11.5 Å². The van der Waals surface area contributed by atoms with E-state index < -0.39 is 5.82 Å². The lowest BCUT2D eigenvalue weighted by atomic mass is 10.2. The number of hydrogen-bond donors (Lipinski definition) is 1. The summed E-state index contributed by atoms with van der Waals surface area (Å²) in [6.45, 7) is 0.109. The molecule has 1 aromatic heterocycles. The quantitative estimate of drug-likeness (QED) is 0.418. The van der Waals surface area contributed by atoms with E-state index in [-0.39, 0.29) is 28.3 Å². The van der Waals surface area contributed by atoms with E-state index in [1.165, 1.54) is 30.2 Å². The molecular weight excluding hydrogens is 443 g/mol. The van der Waals surface area contributed by atoms with Crippen LogP contribution in [-0.2, 0) is 11.4 Å². The van der Waals surface area contributed by atoms with Crippen LogP contribution in [0, 0.1) is 5.82 Å². The zero-order valence-corrected chi connectivity index (χ0v) is 17.8. The van der Waals surface area contributed by atoms with E-state index in [0.717, 1.165) is 0 Å². The molecule has 1 aliphatic heterocycles. The fourth-order valence-corrected chi connectivity index (χ4v) is 3.44. The Balaban J connectivity index is 1.48. The Bertz CT molecular complexity index is 1190. The van der Waals surface area contributed by atoms with Crippen LogP contribution in [0.4, 0.5) is 10.1 Å². The van der Waals surface area contributed by atoms with Gasteiger partial charge in [-0.2, -0.15) is 0 Å². The highest BCUT2D eigenvalue weighted by molar-refractivity contribution is 7.80. The molecule has 0 aliphatic carbocycles. The molecule has 0 unspecified atom stereocenters. The van der Waals surface area contributed by atoms with E-state index in [2.05, 4.69) is 5.32 Å². The van der Waals surface area contributed by atoms with E-state index in [0.29, 0.717) is 28.7 Å². The Morgan fingerprint density at radius 3 is 2.81 bits per heavy atom. The summed E-state index contributed by atoms with van der Waals surface area (Å²) in [4.78, 5) is 14.3. The van der Waals surface area contributed by atoms with Gasteiger partial charge in [-0.25, -0.2) is 9.29 Å². The average molecular weight is 459 g/mol. The number of thiocarbonyl (C=S) groups is 1. The minimum absolute atomic E-state index is 0.0243. The number of anilines is 1. The van der Waals surface area contributed by atoms with Gasteiger partial charge in [0.2, 0.25) is 0 Å². The molecule has 2 heterocycles. The van der Waals surface area contributed by atoms with Crippen LogP contribution >= 0.6 is 23.8 Å². The molecule has 3 aromatic rings. The summed E-state index contributed by atoms with van der Waals surface area (Å²) in [7, 11) is 1.53. The highest BCUT2D eigenvalue weighted by Gasteiger charge is 2.33. The van der Waals surface area contributed by atoms with Crippen molar-refractivity contribution in [1.29, 1.82) is 0 Å². The number of carbonyl (C=O) groups excluding carboxylic acids is 1. The van der Waals surface area contributed by atoms with Crippen LogP contribution < -0.4 is 19.7 Å². The van der Waals surface area contributed by atoms with E-state index in [9.17, 15) is 9.18 Å². The molecule has 6 nitrogen and oxygen atoms in total. The van der Waals surface area contributed by atoms with Crippen LogP contribution in [0.3, 0.4) is 0 Å². The van der Waals surface area contributed by atoms with Gasteiger partial charge in [-0.3, -0.25) is 4.79 Å². The molecule has 158 valence electrons. The Morgan fingerprint density at radius 1 is 1.23 bits per heavy atom. The maximum absolute atomic E-state index is 13.2. The molecule has 4 rings (SSSR count). The van der Waals surface area contributed by atoms with Gasteiger partial charge in [-0.1, -0.05) is 23.7 Å². The summed E-state index contributed by atoms with van der Waals surface area (Å²) in [5, 5.41) is 3.12. The van der Waals surface area contributed by atoms with Crippen molar-refractivity contribution < 1.29 is 23.1 Å². The molecule has 0 spiro atoms. The number of amides is 1. The lowest BCUT2D eigenvalue weighted by Gasteiger charge is -2.17. The number of methoxy groups -OCH3 is 1. The summed E-state index contributed by atoms with van der Waals surface area (Å²) < 4.78 is 29.8. The van der Waals surface area contributed by atoms with Crippen molar-refractivity contribution in [1.82, 2.24) is 5.32 Å². The van der Waals surface area contributed by atoms with Crippen molar-refractivity contribution in [3.05, 3.63) is 82.7 Å². The van der Waals surface area contributed by atoms with E-state index in [4.69, 9.17) is 37.7 Å². The van der Waals surface area contributed by atoms with Crippen LogP contribution in [0.2, 0.25) is 5.02 Å². The maximum atomic E-state index is 13.2. The minimum Gasteiger partial charge on any atom is -0.495 e. The van der Waals surface area contributed by atoms with Crippen LogP contribution in [-0.4, -0.2) is 18.1 Å². The Labute approximate surface area is 187 Å². The molecule has 1 N–H and O–H groups in total. The predicted molar refractivity (Wildman–Crippen MR) is 119 cm³/mol. The molecule has 1 fully saturated rings. The van der Waals surface area contributed by atoms with Gasteiger partial charge in [0.15, 0.2) is 5.11 Å². The van der Waals surface area contributed by atoms with E-state index >= 15 is 0 Å². The van der Waals surface area contributed by atoms with Gasteiger partial charge >= 0.3 is 0 Å². The molecule has 1 aliphatic rings. The first-order valence-corrected chi connectivity index (χ1v) is 9.91. The number of carbonyl (C=O) groups is 1. The molecular formula is C22H16ClFN2O4S. The standard InChI is InChI=1S/C22H16ClFN2O4S/c1-28-20-5-3-2-4-19(20)26-21(27)18(25-22(26)31)11-14-6-7-15(30-14)12-29-13-8-9-17(24)16(23)10-13/h2-11H,12H2,1H3,(H,25,31)/b18-11+. The second-order valence-corrected chi connectivity index (χ2v) is 7.26. The van der Waals surface area contributed by atoms with Crippen molar-refractivity contribution in [3.8, 4) is 11.5 Å². The monoisotopic (exact) mass is 458 g/mol. The summed E-state index contributed by atoms with van der Waals surface area (Å²) in [5.41, 5.74) is 0.811. The first-order valence-electron chi connectivity index (χ1n) is 9.13. The highest BCUT2D eigenvalue weighted by atomic mass is 35.5. The summed E-state index contributed by atoms with van der Waals surface area (Å²) in [6.07, 6.45) is 1.56. The number of halogens is 2. The average Bonchev–Trinajstić information content (AvgIpc) is 3.32. The fourth-order valence-electron chi connectivity index (χ4n) is 2.98. The molecule has 0 atom stereocenters. The smallest absolute Gasteiger partial charge is 0.281 e. The second-order valence-electron chi connectivity index (χ2n) is 6.47. The van der Waals surface area contributed by atoms with Gasteiger partial charge < -0.3 is 19.2 Å². The van der Waals surface area contributed by atoms with Gasteiger partial charge in [0.1, 0.15) is 41.1 Å². The zero-order valence-electron chi connectivity index (χ0n) is 16.2. The first-order chi connectivity index (χ1) is 15.0. The second kappa shape index (κ2) is 8.79. The lowest BCUT2D eigenvalue weighted by molar-refractivity contribution is -0.113. The number of nitrogens with zero attached hydrogens (tertiary/aromatic N) is 1. The van der Waals surface area contributed by atoms with Crippen molar-refractivity contribution in [2.45, 2.75) is 6.61 Å². The van der Waals surface area contributed by atoms with Crippen molar-refractivity contribution in [2.24, 2.45) is 0 Å². The van der Waals surface area contributed by atoms with E-state index in [1.807, 2.05) is 6.07 Å². The third-order valence-electron chi connectivity index (χ3n) is 4.45. The molecule has 31 heavy (non-hydrogen) atoms. The number of furan rings is 1. The van der Waals surface area contributed by atoms with E-state index in [1.54, 1.807) is 36.4 Å². The number of nitrogens with one attached hydrogen (secondary N) is 1. The highest BCUT2D eigenvalue weighted by Crippen LogP contribution is 2.31. The SMILES string of the molecule is COc1ccccc1N1C(=O)/C(=C\c2ccc(COc3ccc(F)c(Cl)c3)o2)NC1=S. The zero-order chi connectivity index (χ0) is 22.0. The summed E-state index contributed by atoms with van der Waals surface area (Å²) in [6, 6.07) is 14.6. The van der Waals surface area contributed by atoms with Crippen molar-refractivity contribution >= 4 is 46.6 Å². The Kier molecular flexibility index (Phi) is 5.92. The van der Waals surface area contributed by atoms with Gasteiger partial charge in [-0.05, 0) is 48.6 Å². The number of benzene rings is 2. The number of rotatable bonds is 6. The predicted octanol–water partition coefficient (Wildman–Crippen LogP) is 4.92. The minimum atomic E-state index is -0.519. The third kappa shape index (κ3) is 4.40. The molecule has 0 radical (unpaired) electrons. The number of hydrogen-bond acceptors (Lipinski definition) is 5. The fraction of sp³-hybridized carbons (Fsp3) is 0.0909. The van der Waals surface area contributed by atoms with Crippen LogP contribution in [0.25, 0.3) is 6.08 Å². The molecule has 1 amide bonds. The van der Waals surface area contributed by atoms with Gasteiger partial charge in [0, 0.05) is 12.1 Å².